The molecule has 0 amide bonds. The van der Waals surface area contributed by atoms with Crippen LogP contribution in [-0.2, 0) is 6.18 Å². The molecule has 0 radical (unpaired) electrons. The first kappa shape index (κ1) is 21.3. The highest BCUT2D eigenvalue weighted by molar-refractivity contribution is 14.1. The second-order valence-corrected chi connectivity index (χ2v) is 8.71. The Morgan fingerprint density at radius 3 is 2.60 bits per heavy atom. The van der Waals surface area contributed by atoms with Gasteiger partial charge in [0.2, 0.25) is 0 Å². The van der Waals surface area contributed by atoms with E-state index in [0.29, 0.717) is 12.1 Å². The van der Waals surface area contributed by atoms with E-state index in [4.69, 9.17) is 4.98 Å². The number of rotatable bonds is 4. The molecule has 1 aromatic heterocycles. The maximum absolute atomic E-state index is 13.3. The van der Waals surface area contributed by atoms with Crippen molar-refractivity contribution < 1.29 is 18.3 Å². The predicted molar refractivity (Wildman–Crippen MR) is 121 cm³/mol. The molecule has 1 N–H and O–H groups in total. The summed E-state index contributed by atoms with van der Waals surface area (Å²) in [6.45, 7) is 3.08. The van der Waals surface area contributed by atoms with E-state index in [1.807, 2.05) is 30.3 Å². The molecule has 30 heavy (non-hydrogen) atoms. The van der Waals surface area contributed by atoms with Gasteiger partial charge in [-0.05, 0) is 35.4 Å². The maximum Gasteiger partial charge on any atom is 0.416 e. The number of benzene rings is 2. The zero-order chi connectivity index (χ0) is 21.3. The van der Waals surface area contributed by atoms with Gasteiger partial charge in [0.1, 0.15) is 5.82 Å². The molecule has 3 aromatic rings. The van der Waals surface area contributed by atoms with Crippen molar-refractivity contribution in [2.75, 3.05) is 37.7 Å². The van der Waals surface area contributed by atoms with Gasteiger partial charge in [0, 0.05) is 31.6 Å². The van der Waals surface area contributed by atoms with Gasteiger partial charge in [0.15, 0.2) is 0 Å². The van der Waals surface area contributed by atoms with Crippen LogP contribution in [0, 0.1) is 0 Å². The Morgan fingerprint density at radius 2 is 1.87 bits per heavy atom. The van der Waals surface area contributed by atoms with Crippen LogP contribution in [0.25, 0.3) is 22.0 Å². The second kappa shape index (κ2) is 8.68. The summed E-state index contributed by atoms with van der Waals surface area (Å²) in [6.07, 6.45) is -4.39. The molecule has 0 bridgehead atoms. The third-order valence-corrected chi connectivity index (χ3v) is 6.38. The lowest BCUT2D eigenvalue weighted by Crippen LogP contribution is -2.51. The summed E-state index contributed by atoms with van der Waals surface area (Å²) in [6, 6.07) is 14.9. The van der Waals surface area contributed by atoms with Gasteiger partial charge in [-0.1, -0.05) is 52.9 Å². The number of aliphatic hydroxyl groups is 1. The zero-order valence-corrected chi connectivity index (χ0v) is 18.3. The van der Waals surface area contributed by atoms with Crippen LogP contribution in [0.3, 0.4) is 0 Å². The van der Waals surface area contributed by atoms with E-state index >= 15 is 0 Å². The van der Waals surface area contributed by atoms with Crippen LogP contribution >= 0.6 is 22.6 Å². The van der Waals surface area contributed by atoms with Crippen LogP contribution in [-0.4, -0.2) is 51.8 Å². The minimum absolute atomic E-state index is 0.122. The Kier molecular flexibility index (Phi) is 6.17. The lowest BCUT2D eigenvalue weighted by molar-refractivity contribution is -0.137. The summed E-state index contributed by atoms with van der Waals surface area (Å²) in [5, 5.41) is 10.0. The molecular formula is C22H21F3IN3O. The number of hydrogen-bond acceptors (Lipinski definition) is 4. The molecule has 8 heteroatoms. The molecule has 1 fully saturated rings. The van der Waals surface area contributed by atoms with Crippen molar-refractivity contribution >= 4 is 39.3 Å². The molecule has 2 aromatic carbocycles. The number of para-hydroxylation sites is 1. The summed E-state index contributed by atoms with van der Waals surface area (Å²) >= 11 is 2.36. The monoisotopic (exact) mass is 527 g/mol. The molecule has 4 nitrogen and oxygen atoms in total. The van der Waals surface area contributed by atoms with Gasteiger partial charge in [-0.3, -0.25) is 4.90 Å². The summed E-state index contributed by atoms with van der Waals surface area (Å²) in [4.78, 5) is 9.18. The molecule has 158 valence electrons. The summed E-state index contributed by atoms with van der Waals surface area (Å²) < 4.78 is 40.0. The SMILES string of the molecule is OCCN1CCN(c2cc(-c3cccc(C(F)(F)F)c3)c3ccccc3n2)C(I)C1. The molecule has 1 aliphatic heterocycles. The molecule has 0 spiro atoms. The lowest BCUT2D eigenvalue weighted by atomic mass is 9.99. The van der Waals surface area contributed by atoms with Crippen molar-refractivity contribution in [1.29, 1.82) is 0 Å². The molecule has 0 saturated carbocycles. The number of aromatic nitrogens is 1. The Hall–Kier alpha value is -1.91. The molecular weight excluding hydrogens is 506 g/mol. The fourth-order valence-corrected chi connectivity index (χ4v) is 4.93. The van der Waals surface area contributed by atoms with Crippen LogP contribution in [0.15, 0.2) is 54.6 Å². The van der Waals surface area contributed by atoms with Gasteiger partial charge in [-0.25, -0.2) is 4.98 Å². The molecule has 4 rings (SSSR count). The Labute approximate surface area is 186 Å². The smallest absolute Gasteiger partial charge is 0.395 e. The third-order valence-electron chi connectivity index (χ3n) is 5.32. The van der Waals surface area contributed by atoms with E-state index in [1.165, 1.54) is 12.1 Å². The number of anilines is 1. The minimum Gasteiger partial charge on any atom is -0.395 e. The van der Waals surface area contributed by atoms with Crippen LogP contribution in [0.2, 0.25) is 0 Å². The Bertz CT molecular complexity index is 1040. The highest BCUT2D eigenvalue weighted by atomic mass is 127. The van der Waals surface area contributed by atoms with E-state index in [0.717, 1.165) is 48.0 Å². The van der Waals surface area contributed by atoms with Crippen molar-refractivity contribution in [3.05, 3.63) is 60.2 Å². The van der Waals surface area contributed by atoms with Crippen molar-refractivity contribution in [3.8, 4) is 11.1 Å². The number of nitrogens with zero attached hydrogens (tertiary/aromatic N) is 3. The first-order valence-corrected chi connectivity index (χ1v) is 10.9. The summed E-state index contributed by atoms with van der Waals surface area (Å²) in [5.74, 6) is 0.754. The van der Waals surface area contributed by atoms with Crippen molar-refractivity contribution in [2.45, 2.75) is 10.2 Å². The fraction of sp³-hybridized carbons (Fsp3) is 0.318. The average molecular weight is 527 g/mol. The third kappa shape index (κ3) is 4.40. The highest BCUT2D eigenvalue weighted by Crippen LogP contribution is 2.36. The van der Waals surface area contributed by atoms with Gasteiger partial charge >= 0.3 is 6.18 Å². The number of aliphatic hydroxyl groups excluding tert-OH is 1. The highest BCUT2D eigenvalue weighted by Gasteiger charge is 2.31. The van der Waals surface area contributed by atoms with E-state index < -0.39 is 11.7 Å². The lowest BCUT2D eigenvalue weighted by Gasteiger charge is -2.39. The number of alkyl halides is 4. The Balaban J connectivity index is 1.78. The van der Waals surface area contributed by atoms with Crippen LogP contribution < -0.4 is 4.90 Å². The van der Waals surface area contributed by atoms with E-state index in [-0.39, 0.29) is 10.7 Å². The molecule has 1 aliphatic rings. The molecule has 1 unspecified atom stereocenters. The van der Waals surface area contributed by atoms with Crippen LogP contribution in [0.4, 0.5) is 19.0 Å². The van der Waals surface area contributed by atoms with E-state index in [2.05, 4.69) is 32.4 Å². The maximum atomic E-state index is 13.3. The van der Waals surface area contributed by atoms with Crippen molar-refractivity contribution in [2.24, 2.45) is 0 Å². The van der Waals surface area contributed by atoms with Gasteiger partial charge in [0.05, 0.1) is 21.7 Å². The number of β-amino-alcohol motifs (C(OH)–C–C–N with tert-alkyl or cyclic N) is 1. The second-order valence-electron chi connectivity index (χ2n) is 7.28. The average Bonchev–Trinajstić information content (AvgIpc) is 2.73. The normalized spacial score (nSPS) is 18.2. The fourth-order valence-electron chi connectivity index (χ4n) is 3.81. The largest absolute Gasteiger partial charge is 0.416 e. The van der Waals surface area contributed by atoms with Crippen LogP contribution in [0.5, 0.6) is 0 Å². The number of halogens is 4. The first-order valence-electron chi connectivity index (χ1n) is 9.68. The van der Waals surface area contributed by atoms with Crippen molar-refractivity contribution in [3.63, 3.8) is 0 Å². The predicted octanol–water partition coefficient (Wildman–Crippen LogP) is 4.80. The number of piperazine rings is 1. The molecule has 1 atom stereocenters. The van der Waals surface area contributed by atoms with Gasteiger partial charge in [-0.15, -0.1) is 0 Å². The zero-order valence-electron chi connectivity index (χ0n) is 16.1. The molecule has 2 heterocycles. The minimum atomic E-state index is -4.39. The number of fused-ring (bicyclic) bond motifs is 1. The molecule has 0 aliphatic carbocycles. The quantitative estimate of drug-likeness (QED) is 0.301. The number of pyridine rings is 1. The topological polar surface area (TPSA) is 39.6 Å². The van der Waals surface area contributed by atoms with Gasteiger partial charge in [0.25, 0.3) is 0 Å². The summed E-state index contributed by atoms with van der Waals surface area (Å²) in [5.41, 5.74) is 1.35. The summed E-state index contributed by atoms with van der Waals surface area (Å²) in [7, 11) is 0. The Morgan fingerprint density at radius 1 is 1.07 bits per heavy atom. The van der Waals surface area contributed by atoms with Crippen molar-refractivity contribution in [1.82, 2.24) is 9.88 Å². The molecule has 1 saturated heterocycles. The standard InChI is InChI=1S/C22H21F3IN3O/c23-22(24,25)16-5-3-4-15(12-16)18-13-21(27-19-7-2-1-6-17(18)19)29-9-8-28(10-11-30)14-20(29)26/h1-7,12-13,20,30H,8-11,14H2. The van der Waals surface area contributed by atoms with E-state index in [9.17, 15) is 18.3 Å². The van der Waals surface area contributed by atoms with E-state index in [1.54, 1.807) is 6.07 Å². The van der Waals surface area contributed by atoms with Gasteiger partial charge in [-0.2, -0.15) is 13.2 Å². The first-order chi connectivity index (χ1) is 14.4. The number of hydrogen-bond donors (Lipinski definition) is 1. The van der Waals surface area contributed by atoms with Crippen LogP contribution in [0.1, 0.15) is 5.56 Å². The van der Waals surface area contributed by atoms with Gasteiger partial charge < -0.3 is 10.0 Å².